The summed E-state index contributed by atoms with van der Waals surface area (Å²) in [6, 6.07) is 16.0. The Balaban J connectivity index is 1.53. The van der Waals surface area contributed by atoms with Crippen LogP contribution in [0.25, 0.3) is 0 Å². The Bertz CT molecular complexity index is 553. The van der Waals surface area contributed by atoms with Crippen LogP contribution in [0.1, 0.15) is 23.6 Å². The molecule has 3 nitrogen and oxygen atoms in total. The molecular weight excluding hydrogens is 236 g/mol. The van der Waals surface area contributed by atoms with Crippen molar-refractivity contribution in [3.05, 3.63) is 66.0 Å². The van der Waals surface area contributed by atoms with Crippen molar-refractivity contribution in [2.45, 2.75) is 18.9 Å². The number of carbonyl (C=O) groups excluding carboxylic acids is 1. The lowest BCUT2D eigenvalue weighted by Gasteiger charge is -2.04. The van der Waals surface area contributed by atoms with Crippen LogP contribution in [0.5, 0.6) is 0 Å². The van der Waals surface area contributed by atoms with E-state index in [-0.39, 0.29) is 11.8 Å². The zero-order chi connectivity index (χ0) is 13.1. The summed E-state index contributed by atoms with van der Waals surface area (Å²) in [4.78, 5) is 16.2. The second-order valence-electron chi connectivity index (χ2n) is 4.90. The number of benzene rings is 1. The second kappa shape index (κ2) is 5.22. The monoisotopic (exact) mass is 252 g/mol. The van der Waals surface area contributed by atoms with E-state index in [2.05, 4.69) is 22.4 Å². The lowest BCUT2D eigenvalue weighted by molar-refractivity contribution is -0.122. The minimum atomic E-state index is 0.131. The molecule has 0 saturated heterocycles. The number of nitrogens with zero attached hydrogens (tertiary/aromatic N) is 1. The first-order valence-electron chi connectivity index (χ1n) is 6.57. The highest BCUT2D eigenvalue weighted by Gasteiger charge is 2.43. The van der Waals surface area contributed by atoms with Crippen molar-refractivity contribution in [3.8, 4) is 0 Å². The molecular formula is C16H16N2O. The summed E-state index contributed by atoms with van der Waals surface area (Å²) in [6.45, 7) is 0.512. The van der Waals surface area contributed by atoms with Gasteiger partial charge in [0.2, 0.25) is 5.91 Å². The molecule has 1 aliphatic rings. The van der Waals surface area contributed by atoms with Gasteiger partial charge in [-0.1, -0.05) is 36.4 Å². The summed E-state index contributed by atoms with van der Waals surface area (Å²) >= 11 is 0. The zero-order valence-corrected chi connectivity index (χ0v) is 10.6. The smallest absolute Gasteiger partial charge is 0.224 e. The quantitative estimate of drug-likeness (QED) is 0.908. The molecule has 0 unspecified atom stereocenters. The molecule has 1 N–H and O–H groups in total. The fourth-order valence-corrected chi connectivity index (χ4v) is 2.36. The summed E-state index contributed by atoms with van der Waals surface area (Å²) in [5, 5.41) is 2.96. The van der Waals surface area contributed by atoms with Gasteiger partial charge in [-0.15, -0.1) is 0 Å². The number of pyridine rings is 1. The van der Waals surface area contributed by atoms with Crippen molar-refractivity contribution < 1.29 is 4.79 Å². The number of rotatable bonds is 4. The highest BCUT2D eigenvalue weighted by atomic mass is 16.2. The van der Waals surface area contributed by atoms with Crippen LogP contribution in [0.3, 0.4) is 0 Å². The molecule has 2 aromatic rings. The van der Waals surface area contributed by atoms with E-state index in [4.69, 9.17) is 0 Å². The normalized spacial score (nSPS) is 20.8. The van der Waals surface area contributed by atoms with E-state index in [9.17, 15) is 4.79 Å². The molecule has 19 heavy (non-hydrogen) atoms. The summed E-state index contributed by atoms with van der Waals surface area (Å²) in [5.74, 6) is 0.663. The van der Waals surface area contributed by atoms with Gasteiger partial charge in [-0.2, -0.15) is 0 Å². The third-order valence-electron chi connectivity index (χ3n) is 3.52. The van der Waals surface area contributed by atoms with Crippen LogP contribution in [0, 0.1) is 5.92 Å². The SMILES string of the molecule is O=C(NCc1ccccn1)[C@H]1C[C@@H]1c1ccccc1. The third kappa shape index (κ3) is 2.81. The molecule has 3 heteroatoms. The molecule has 0 radical (unpaired) electrons. The maximum Gasteiger partial charge on any atom is 0.224 e. The predicted molar refractivity (Wildman–Crippen MR) is 73.4 cm³/mol. The van der Waals surface area contributed by atoms with Gasteiger partial charge in [-0.25, -0.2) is 0 Å². The van der Waals surface area contributed by atoms with Crippen LogP contribution in [0.15, 0.2) is 54.7 Å². The fraction of sp³-hybridized carbons (Fsp3) is 0.250. The second-order valence-corrected chi connectivity index (χ2v) is 4.90. The minimum Gasteiger partial charge on any atom is -0.350 e. The standard InChI is InChI=1S/C16H16N2O/c19-16(18-11-13-8-4-5-9-17-13)15-10-14(15)12-6-2-1-3-7-12/h1-9,14-15H,10-11H2,(H,18,19)/t14-,15+/m1/s1. The van der Waals surface area contributed by atoms with Crippen LogP contribution in [0.2, 0.25) is 0 Å². The van der Waals surface area contributed by atoms with Gasteiger partial charge in [0, 0.05) is 12.1 Å². The number of hydrogen-bond acceptors (Lipinski definition) is 2. The first kappa shape index (κ1) is 11.9. The van der Waals surface area contributed by atoms with Gasteiger partial charge in [-0.3, -0.25) is 9.78 Å². The first-order chi connectivity index (χ1) is 9.34. The maximum atomic E-state index is 12.0. The van der Waals surface area contributed by atoms with Crippen LogP contribution in [-0.4, -0.2) is 10.9 Å². The van der Waals surface area contributed by atoms with E-state index < -0.39 is 0 Å². The van der Waals surface area contributed by atoms with Crippen molar-refractivity contribution in [2.24, 2.45) is 5.92 Å². The number of hydrogen-bond donors (Lipinski definition) is 1. The Morgan fingerprint density at radius 3 is 2.68 bits per heavy atom. The molecule has 0 aliphatic heterocycles. The molecule has 1 saturated carbocycles. The molecule has 1 aromatic carbocycles. The lowest BCUT2D eigenvalue weighted by Crippen LogP contribution is -2.25. The minimum absolute atomic E-state index is 0.131. The van der Waals surface area contributed by atoms with Crippen LogP contribution >= 0.6 is 0 Å². The van der Waals surface area contributed by atoms with Crippen molar-refractivity contribution in [2.75, 3.05) is 0 Å². The number of amides is 1. The van der Waals surface area contributed by atoms with Gasteiger partial charge in [0.05, 0.1) is 12.2 Å². The highest BCUT2D eigenvalue weighted by molar-refractivity contribution is 5.82. The van der Waals surface area contributed by atoms with Crippen molar-refractivity contribution in [1.82, 2.24) is 10.3 Å². The van der Waals surface area contributed by atoms with Crippen LogP contribution < -0.4 is 5.32 Å². The molecule has 1 heterocycles. The van der Waals surface area contributed by atoms with E-state index in [1.807, 2.05) is 36.4 Å². The summed E-state index contributed by atoms with van der Waals surface area (Å²) in [5.41, 5.74) is 2.16. The topological polar surface area (TPSA) is 42.0 Å². The Hall–Kier alpha value is -2.16. The molecule has 0 spiro atoms. The van der Waals surface area contributed by atoms with E-state index in [1.165, 1.54) is 5.56 Å². The van der Waals surface area contributed by atoms with Gasteiger partial charge in [0.25, 0.3) is 0 Å². The lowest BCUT2D eigenvalue weighted by atomic mass is 10.1. The van der Waals surface area contributed by atoms with Gasteiger partial charge < -0.3 is 5.32 Å². The zero-order valence-electron chi connectivity index (χ0n) is 10.6. The molecule has 1 amide bonds. The van der Waals surface area contributed by atoms with Crippen molar-refractivity contribution >= 4 is 5.91 Å². The Morgan fingerprint density at radius 2 is 1.95 bits per heavy atom. The van der Waals surface area contributed by atoms with Gasteiger partial charge in [0.15, 0.2) is 0 Å². The first-order valence-corrected chi connectivity index (χ1v) is 6.57. The number of carbonyl (C=O) groups is 1. The molecule has 2 atom stereocenters. The summed E-state index contributed by atoms with van der Waals surface area (Å²) in [6.07, 6.45) is 2.70. The maximum absolute atomic E-state index is 12.0. The van der Waals surface area contributed by atoms with E-state index in [0.717, 1.165) is 12.1 Å². The average molecular weight is 252 g/mol. The Kier molecular flexibility index (Phi) is 3.27. The number of aromatic nitrogens is 1. The molecule has 3 rings (SSSR count). The molecule has 1 aromatic heterocycles. The molecule has 0 bridgehead atoms. The molecule has 96 valence electrons. The highest BCUT2D eigenvalue weighted by Crippen LogP contribution is 2.47. The van der Waals surface area contributed by atoms with E-state index >= 15 is 0 Å². The van der Waals surface area contributed by atoms with Crippen molar-refractivity contribution in [3.63, 3.8) is 0 Å². The van der Waals surface area contributed by atoms with Gasteiger partial charge in [-0.05, 0) is 30.0 Å². The Labute approximate surface area is 112 Å². The largest absolute Gasteiger partial charge is 0.350 e. The molecule has 1 fully saturated rings. The van der Waals surface area contributed by atoms with E-state index in [0.29, 0.717) is 12.5 Å². The summed E-state index contributed by atoms with van der Waals surface area (Å²) < 4.78 is 0. The third-order valence-corrected chi connectivity index (χ3v) is 3.52. The Morgan fingerprint density at radius 1 is 1.16 bits per heavy atom. The molecule has 1 aliphatic carbocycles. The number of nitrogens with one attached hydrogen (secondary N) is 1. The van der Waals surface area contributed by atoms with Gasteiger partial charge >= 0.3 is 0 Å². The predicted octanol–water partition coefficient (Wildman–Crippen LogP) is 2.50. The van der Waals surface area contributed by atoms with Gasteiger partial charge in [0.1, 0.15) is 0 Å². The van der Waals surface area contributed by atoms with E-state index in [1.54, 1.807) is 6.20 Å². The summed E-state index contributed by atoms with van der Waals surface area (Å²) in [7, 11) is 0. The van der Waals surface area contributed by atoms with Crippen LogP contribution in [-0.2, 0) is 11.3 Å². The van der Waals surface area contributed by atoms with Crippen LogP contribution in [0.4, 0.5) is 0 Å². The average Bonchev–Trinajstić information content (AvgIpc) is 3.27. The fourth-order valence-electron chi connectivity index (χ4n) is 2.36. The van der Waals surface area contributed by atoms with Crippen molar-refractivity contribution in [1.29, 1.82) is 0 Å².